The second-order valence-electron chi connectivity index (χ2n) is 3.83. The van der Waals surface area contributed by atoms with Gasteiger partial charge in [-0.3, -0.25) is 10.8 Å². The van der Waals surface area contributed by atoms with Gasteiger partial charge in [0.05, 0.1) is 12.4 Å². The predicted molar refractivity (Wildman–Crippen MR) is 81.6 cm³/mol. The lowest BCUT2D eigenvalue weighted by atomic mass is 10.4. The van der Waals surface area contributed by atoms with Crippen LogP contribution in [-0.2, 0) is 0 Å². The molecule has 0 saturated heterocycles. The van der Waals surface area contributed by atoms with Crippen LogP contribution < -0.4 is 22.9 Å². The molecule has 0 unspecified atom stereocenters. The van der Waals surface area contributed by atoms with Crippen molar-refractivity contribution in [3.63, 3.8) is 0 Å². The third kappa shape index (κ3) is 8.00. The van der Waals surface area contributed by atoms with Crippen LogP contribution in [0, 0.1) is 10.8 Å². The van der Waals surface area contributed by atoms with E-state index in [4.69, 9.17) is 33.8 Å². The maximum atomic E-state index is 7.34. The van der Waals surface area contributed by atoms with Crippen LogP contribution in [0.15, 0.2) is 10.2 Å². The van der Waals surface area contributed by atoms with Gasteiger partial charge < -0.3 is 22.9 Å². The van der Waals surface area contributed by atoms with E-state index in [2.05, 4.69) is 10.2 Å². The molecule has 10 nitrogen and oxygen atoms in total. The monoisotopic (exact) mass is 284 g/mol. The van der Waals surface area contributed by atoms with Crippen molar-refractivity contribution in [3.8, 4) is 0 Å². The number of rotatable bonds is 9. The van der Waals surface area contributed by atoms with Gasteiger partial charge in [0.2, 0.25) is 11.9 Å². The van der Waals surface area contributed by atoms with Crippen molar-refractivity contribution in [1.82, 2.24) is 10.0 Å². The summed E-state index contributed by atoms with van der Waals surface area (Å²) in [6, 6.07) is 0. The minimum Gasteiger partial charge on any atom is -0.369 e. The summed E-state index contributed by atoms with van der Waals surface area (Å²) in [7, 11) is 0. The molecule has 0 rings (SSSR count). The third-order valence-corrected chi connectivity index (χ3v) is 2.18. The van der Waals surface area contributed by atoms with Crippen LogP contribution >= 0.6 is 0 Å². The van der Waals surface area contributed by atoms with E-state index in [0.29, 0.717) is 39.0 Å². The molecule has 0 heterocycles. The van der Waals surface area contributed by atoms with E-state index < -0.39 is 0 Å². The number of nitrogens with one attached hydrogen (secondary N) is 2. The van der Waals surface area contributed by atoms with Crippen molar-refractivity contribution in [3.05, 3.63) is 0 Å². The highest BCUT2D eigenvalue weighted by Gasteiger charge is 2.03. The number of hydrogen-bond acceptors (Lipinski definition) is 6. The summed E-state index contributed by atoms with van der Waals surface area (Å²) in [5.74, 6) is -0.343. The van der Waals surface area contributed by atoms with Gasteiger partial charge in [-0.05, 0) is 25.9 Å². The molecule has 0 aromatic carbocycles. The summed E-state index contributed by atoms with van der Waals surface area (Å²) in [4.78, 5) is 0. The molecule has 0 radical (unpaired) electrons. The molecule has 114 valence electrons. The van der Waals surface area contributed by atoms with Crippen molar-refractivity contribution in [2.45, 2.75) is 12.8 Å². The van der Waals surface area contributed by atoms with Crippen molar-refractivity contribution in [1.29, 1.82) is 10.8 Å². The summed E-state index contributed by atoms with van der Waals surface area (Å²) in [6.45, 7) is 1.90. The average Bonchev–Trinajstić information content (AvgIpc) is 2.40. The molecule has 10 heteroatoms. The Labute approximate surface area is 118 Å². The SMILES string of the molecule is N=C(N)N(CCCN)/N=C/C=N/N(CCCN)C(=N)N. The Bertz CT molecular complexity index is 316. The molecule has 0 spiro atoms. The van der Waals surface area contributed by atoms with Crippen LogP contribution in [-0.4, -0.2) is 60.5 Å². The van der Waals surface area contributed by atoms with E-state index in [-0.39, 0.29) is 11.9 Å². The van der Waals surface area contributed by atoms with E-state index in [9.17, 15) is 0 Å². The average molecular weight is 284 g/mol. The molecule has 0 atom stereocenters. The van der Waals surface area contributed by atoms with E-state index in [1.54, 1.807) is 0 Å². The molecular weight excluding hydrogens is 260 g/mol. The quantitative estimate of drug-likeness (QED) is 0.162. The first kappa shape index (κ1) is 17.8. The fourth-order valence-electron chi connectivity index (χ4n) is 1.18. The van der Waals surface area contributed by atoms with E-state index in [0.717, 1.165) is 0 Å². The van der Waals surface area contributed by atoms with Gasteiger partial charge in [-0.2, -0.15) is 10.2 Å². The Balaban J connectivity index is 4.43. The largest absolute Gasteiger partial charge is 0.369 e. The highest BCUT2D eigenvalue weighted by Crippen LogP contribution is 1.91. The van der Waals surface area contributed by atoms with Gasteiger partial charge in [-0.25, -0.2) is 10.0 Å². The van der Waals surface area contributed by atoms with Crippen LogP contribution in [0.4, 0.5) is 0 Å². The molecule has 0 amide bonds. The number of hydrazone groups is 2. The van der Waals surface area contributed by atoms with Gasteiger partial charge in [0.25, 0.3) is 0 Å². The Morgan fingerprint density at radius 3 is 1.45 bits per heavy atom. The van der Waals surface area contributed by atoms with E-state index in [1.807, 2.05) is 0 Å². The van der Waals surface area contributed by atoms with Crippen molar-refractivity contribution in [2.24, 2.45) is 33.1 Å². The van der Waals surface area contributed by atoms with Gasteiger partial charge in [-0.15, -0.1) is 0 Å². The minimum absolute atomic E-state index is 0.172. The second-order valence-corrected chi connectivity index (χ2v) is 3.83. The zero-order chi connectivity index (χ0) is 15.4. The fourth-order valence-corrected chi connectivity index (χ4v) is 1.18. The minimum atomic E-state index is -0.172. The standard InChI is InChI=1S/C10H24N10/c11-3-1-7-19(9(13)14)17-5-6-18-20(10(15)16)8-2-4-12/h5-6H,1-4,7-8,11-12H2,(H3,13,14)(H3,15,16)/b17-5+,18-6+. The number of nitrogens with two attached hydrogens (primary N) is 4. The molecule has 0 aliphatic carbocycles. The van der Waals surface area contributed by atoms with Crippen LogP contribution in [0.2, 0.25) is 0 Å². The summed E-state index contributed by atoms with van der Waals surface area (Å²) in [5, 5.41) is 25.2. The molecule has 0 saturated carbocycles. The van der Waals surface area contributed by atoms with Crippen molar-refractivity contribution >= 4 is 24.3 Å². The van der Waals surface area contributed by atoms with E-state index in [1.165, 1.54) is 22.4 Å². The molecule has 0 aliphatic rings. The molecule has 10 N–H and O–H groups in total. The van der Waals surface area contributed by atoms with Crippen molar-refractivity contribution < 1.29 is 0 Å². The number of guanidine groups is 2. The molecule has 0 bridgehead atoms. The Hall–Kier alpha value is -2.20. The molecule has 0 aromatic rings. The second kappa shape index (κ2) is 10.7. The Kier molecular flexibility index (Phi) is 9.52. The summed E-state index contributed by atoms with van der Waals surface area (Å²) < 4.78 is 0. The third-order valence-electron chi connectivity index (χ3n) is 2.18. The normalized spacial score (nSPS) is 11.1. The lowest BCUT2D eigenvalue weighted by molar-refractivity contribution is 0.428. The maximum absolute atomic E-state index is 7.34. The topological polar surface area (TPSA) is 183 Å². The van der Waals surface area contributed by atoms with Crippen LogP contribution in [0.1, 0.15) is 12.8 Å². The Morgan fingerprint density at radius 1 is 0.850 bits per heavy atom. The number of nitrogens with zero attached hydrogens (tertiary/aromatic N) is 4. The van der Waals surface area contributed by atoms with Gasteiger partial charge in [-0.1, -0.05) is 0 Å². The molecule has 20 heavy (non-hydrogen) atoms. The van der Waals surface area contributed by atoms with Gasteiger partial charge in [0.15, 0.2) is 0 Å². The number of hydrogen-bond donors (Lipinski definition) is 6. The first-order valence-electron chi connectivity index (χ1n) is 6.22. The maximum Gasteiger partial charge on any atom is 0.209 e. The predicted octanol–water partition coefficient (Wildman–Crippen LogP) is -1.95. The van der Waals surface area contributed by atoms with Gasteiger partial charge in [0.1, 0.15) is 0 Å². The first-order valence-corrected chi connectivity index (χ1v) is 6.22. The highest BCUT2D eigenvalue weighted by atomic mass is 15.5. The molecule has 0 aromatic heterocycles. The van der Waals surface area contributed by atoms with Crippen LogP contribution in [0.25, 0.3) is 0 Å². The Morgan fingerprint density at radius 2 is 1.20 bits per heavy atom. The molecular formula is C10H24N10. The summed E-state index contributed by atoms with van der Waals surface area (Å²) in [6.07, 6.45) is 4.08. The van der Waals surface area contributed by atoms with Crippen LogP contribution in [0.5, 0.6) is 0 Å². The van der Waals surface area contributed by atoms with Crippen molar-refractivity contribution in [2.75, 3.05) is 26.2 Å². The summed E-state index contributed by atoms with van der Waals surface area (Å²) in [5.41, 5.74) is 21.5. The zero-order valence-electron chi connectivity index (χ0n) is 11.5. The molecule has 0 fully saturated rings. The van der Waals surface area contributed by atoms with E-state index >= 15 is 0 Å². The van der Waals surface area contributed by atoms with Gasteiger partial charge in [0, 0.05) is 13.1 Å². The lowest BCUT2D eigenvalue weighted by Crippen LogP contribution is -2.34. The van der Waals surface area contributed by atoms with Crippen LogP contribution in [0.3, 0.4) is 0 Å². The fraction of sp³-hybridized carbons (Fsp3) is 0.600. The zero-order valence-corrected chi connectivity index (χ0v) is 11.5. The highest BCUT2D eigenvalue weighted by molar-refractivity contribution is 6.16. The van der Waals surface area contributed by atoms with Gasteiger partial charge >= 0.3 is 0 Å². The lowest BCUT2D eigenvalue weighted by Gasteiger charge is -2.16. The summed E-state index contributed by atoms with van der Waals surface area (Å²) >= 11 is 0. The molecule has 0 aliphatic heterocycles. The smallest absolute Gasteiger partial charge is 0.209 e. The first-order chi connectivity index (χ1) is 9.52.